The lowest BCUT2D eigenvalue weighted by molar-refractivity contribution is -0.129. The fourth-order valence-electron chi connectivity index (χ4n) is 3.60. The molecule has 0 unspecified atom stereocenters. The van der Waals surface area contributed by atoms with Crippen molar-refractivity contribution in [3.05, 3.63) is 23.5 Å². The normalized spacial score (nSPS) is 20.1. The summed E-state index contributed by atoms with van der Waals surface area (Å²) >= 11 is 0. The summed E-state index contributed by atoms with van der Waals surface area (Å²) in [6.07, 6.45) is 6.18. The number of hydrogen-bond acceptors (Lipinski definition) is 3. The van der Waals surface area contributed by atoms with Gasteiger partial charge in [-0.05, 0) is 64.5 Å². The van der Waals surface area contributed by atoms with Gasteiger partial charge >= 0.3 is 6.09 Å². The minimum atomic E-state index is -0.404. The summed E-state index contributed by atoms with van der Waals surface area (Å²) in [7, 11) is 0. The van der Waals surface area contributed by atoms with E-state index in [0.29, 0.717) is 11.7 Å². The van der Waals surface area contributed by atoms with Gasteiger partial charge in [0.2, 0.25) is 0 Å². The molecule has 154 valence electrons. The average Bonchev–Trinajstić information content (AvgIpc) is 2.97. The predicted octanol–water partition coefficient (Wildman–Crippen LogP) is 6.12. The molecule has 4 heteroatoms. The third-order valence-corrected chi connectivity index (χ3v) is 4.88. The van der Waals surface area contributed by atoms with E-state index in [1.165, 1.54) is 0 Å². The van der Waals surface area contributed by atoms with Crippen LogP contribution in [0.5, 0.6) is 0 Å². The highest BCUT2D eigenvalue weighted by Crippen LogP contribution is 2.39. The lowest BCUT2D eigenvalue weighted by Crippen LogP contribution is -2.42. The van der Waals surface area contributed by atoms with Gasteiger partial charge in [0, 0.05) is 23.4 Å². The fraction of sp³-hybridized carbons (Fsp3) is 0.739. The van der Waals surface area contributed by atoms with Crippen molar-refractivity contribution in [1.29, 1.82) is 0 Å². The molecule has 0 bridgehead atoms. The maximum Gasteiger partial charge on any atom is 0.415 e. The number of ketones is 1. The van der Waals surface area contributed by atoms with E-state index in [1.807, 2.05) is 60.6 Å². The molecule has 0 saturated heterocycles. The largest absolute Gasteiger partial charge is 0.415 e. The monoisotopic (exact) mass is 377 g/mol. The predicted molar refractivity (Wildman–Crippen MR) is 111 cm³/mol. The van der Waals surface area contributed by atoms with Crippen molar-refractivity contribution in [2.24, 2.45) is 17.3 Å². The van der Waals surface area contributed by atoms with Crippen molar-refractivity contribution in [2.75, 3.05) is 0 Å². The van der Waals surface area contributed by atoms with Gasteiger partial charge in [-0.2, -0.15) is 0 Å². The van der Waals surface area contributed by atoms with Crippen LogP contribution in [0, 0.1) is 17.3 Å². The van der Waals surface area contributed by atoms with Crippen LogP contribution in [-0.4, -0.2) is 28.9 Å². The van der Waals surface area contributed by atoms with Gasteiger partial charge in [0.25, 0.3) is 0 Å². The van der Waals surface area contributed by atoms with E-state index in [9.17, 15) is 9.59 Å². The van der Waals surface area contributed by atoms with Gasteiger partial charge in [-0.3, -0.25) is 4.79 Å². The quantitative estimate of drug-likeness (QED) is 0.524. The van der Waals surface area contributed by atoms with Gasteiger partial charge in [-0.25, -0.2) is 4.79 Å². The Kier molecular flexibility index (Phi) is 8.31. The molecular formula is C23H39NO3. The van der Waals surface area contributed by atoms with Gasteiger partial charge in [-0.1, -0.05) is 40.7 Å². The Balaban J connectivity index is 3.29. The van der Waals surface area contributed by atoms with E-state index in [-0.39, 0.29) is 29.9 Å². The number of hydrogen-bond donors (Lipinski definition) is 0. The van der Waals surface area contributed by atoms with Crippen molar-refractivity contribution in [2.45, 2.75) is 93.7 Å². The Morgan fingerprint density at radius 2 is 1.63 bits per heavy atom. The second-order valence-corrected chi connectivity index (χ2v) is 9.51. The van der Waals surface area contributed by atoms with Crippen LogP contribution >= 0.6 is 0 Å². The fourth-order valence-corrected chi connectivity index (χ4v) is 3.60. The summed E-state index contributed by atoms with van der Waals surface area (Å²) in [6.45, 7) is 18.0. The summed E-state index contributed by atoms with van der Waals surface area (Å²) in [5, 5.41) is 0. The number of allylic oxidation sites excluding steroid dienone is 3. The number of Topliss-reactive ketones (excluding diaryl/α,β-unsaturated/α-hetero) is 1. The first-order valence-electron chi connectivity index (χ1n) is 10.3. The van der Waals surface area contributed by atoms with Crippen LogP contribution in [0.25, 0.3) is 0 Å². The van der Waals surface area contributed by atoms with Crippen molar-refractivity contribution in [3.63, 3.8) is 0 Å². The van der Waals surface area contributed by atoms with E-state index >= 15 is 0 Å². The number of amides is 1. The molecule has 1 fully saturated rings. The third-order valence-electron chi connectivity index (χ3n) is 4.88. The summed E-state index contributed by atoms with van der Waals surface area (Å²) < 4.78 is 5.89. The third kappa shape index (κ3) is 6.51. The van der Waals surface area contributed by atoms with E-state index in [0.717, 1.165) is 24.8 Å². The van der Waals surface area contributed by atoms with E-state index in [1.54, 1.807) is 4.90 Å². The van der Waals surface area contributed by atoms with Crippen LogP contribution in [0.3, 0.4) is 0 Å². The Morgan fingerprint density at radius 3 is 2.07 bits per heavy atom. The van der Waals surface area contributed by atoms with Crippen molar-refractivity contribution >= 4 is 11.9 Å². The van der Waals surface area contributed by atoms with Crippen LogP contribution in [0.4, 0.5) is 4.79 Å². The van der Waals surface area contributed by atoms with Crippen LogP contribution in [0.15, 0.2) is 23.5 Å². The van der Waals surface area contributed by atoms with Crippen LogP contribution in [0.2, 0.25) is 0 Å². The zero-order chi connectivity index (χ0) is 20.9. The molecular weight excluding hydrogens is 338 g/mol. The Bertz CT molecular complexity index is 583. The maximum atomic E-state index is 12.9. The number of ether oxygens (including phenoxy) is 1. The second kappa shape index (κ2) is 9.57. The minimum absolute atomic E-state index is 0.0495. The lowest BCUT2D eigenvalue weighted by atomic mass is 9.80. The topological polar surface area (TPSA) is 46.6 Å². The van der Waals surface area contributed by atoms with Gasteiger partial charge in [0.15, 0.2) is 0 Å². The molecule has 1 rings (SSSR count). The molecule has 1 aliphatic rings. The summed E-state index contributed by atoms with van der Waals surface area (Å²) in [5.74, 6) is 0.978. The van der Waals surface area contributed by atoms with Crippen molar-refractivity contribution in [1.82, 2.24) is 4.90 Å². The molecule has 0 N–H and O–H groups in total. The summed E-state index contributed by atoms with van der Waals surface area (Å²) in [5.41, 5.74) is 0.576. The highest BCUT2D eigenvalue weighted by molar-refractivity contribution is 5.89. The van der Waals surface area contributed by atoms with E-state index < -0.39 is 5.41 Å². The lowest BCUT2D eigenvalue weighted by Gasteiger charge is -2.30. The molecule has 0 aliphatic heterocycles. The molecule has 1 amide bonds. The van der Waals surface area contributed by atoms with E-state index in [2.05, 4.69) is 13.8 Å². The number of carbonyl (C=O) groups excluding carboxylic acids is 2. The van der Waals surface area contributed by atoms with Gasteiger partial charge < -0.3 is 9.64 Å². The Hall–Kier alpha value is -1.58. The van der Waals surface area contributed by atoms with Crippen molar-refractivity contribution in [3.8, 4) is 0 Å². The Labute approximate surface area is 166 Å². The molecule has 0 aromatic heterocycles. The second-order valence-electron chi connectivity index (χ2n) is 9.51. The Morgan fingerprint density at radius 1 is 1.07 bits per heavy atom. The zero-order valence-electron chi connectivity index (χ0n) is 18.8. The number of nitrogens with zero attached hydrogens (tertiary/aromatic N) is 1. The van der Waals surface area contributed by atoms with Crippen LogP contribution < -0.4 is 0 Å². The highest BCUT2D eigenvalue weighted by Gasteiger charge is 2.37. The number of rotatable bonds is 6. The first kappa shape index (κ1) is 23.5. The highest BCUT2D eigenvalue weighted by atomic mass is 16.6. The molecule has 1 aliphatic carbocycles. The first-order chi connectivity index (χ1) is 12.4. The molecule has 1 atom stereocenters. The summed E-state index contributed by atoms with van der Waals surface area (Å²) in [4.78, 5) is 27.5. The van der Waals surface area contributed by atoms with Gasteiger partial charge in [0.1, 0.15) is 11.5 Å². The first-order valence-corrected chi connectivity index (χ1v) is 10.3. The van der Waals surface area contributed by atoms with Crippen LogP contribution in [0.1, 0.15) is 81.6 Å². The molecule has 4 nitrogen and oxygen atoms in total. The molecule has 1 saturated carbocycles. The molecule has 0 heterocycles. The van der Waals surface area contributed by atoms with Gasteiger partial charge in [0.05, 0.1) is 0 Å². The smallest absolute Gasteiger partial charge is 0.410 e. The minimum Gasteiger partial charge on any atom is -0.410 e. The summed E-state index contributed by atoms with van der Waals surface area (Å²) in [6, 6.07) is 0.0989. The zero-order valence-corrected chi connectivity index (χ0v) is 18.8. The molecule has 0 radical (unpaired) electrons. The van der Waals surface area contributed by atoms with Gasteiger partial charge in [-0.15, -0.1) is 0 Å². The molecule has 0 spiro atoms. The SMILES string of the molecule is CC(C)/C=C/C(OC(=O)N(C(C)C)C(C)C)=C1\CCC[C@@H]1C(=O)C(C)(C)C. The maximum absolute atomic E-state index is 12.9. The van der Waals surface area contributed by atoms with Crippen molar-refractivity contribution < 1.29 is 14.3 Å². The molecule has 0 aromatic carbocycles. The van der Waals surface area contributed by atoms with E-state index in [4.69, 9.17) is 4.74 Å². The van der Waals surface area contributed by atoms with Crippen LogP contribution in [-0.2, 0) is 9.53 Å². The average molecular weight is 378 g/mol. The molecule has 0 aromatic rings. The standard InChI is InChI=1S/C23H39NO3/c1-15(2)13-14-20(27-22(26)24(16(3)4)17(5)6)18-11-10-12-19(18)21(25)23(7,8)9/h13-17,19H,10-12H2,1-9H3/b14-13+,20-18-/t19-/m0/s1. The number of carbonyl (C=O) groups is 2. The molecule has 27 heavy (non-hydrogen) atoms.